The first kappa shape index (κ1) is 24.1. The summed E-state index contributed by atoms with van der Waals surface area (Å²) < 4.78 is 76.8. The second-order valence-electron chi connectivity index (χ2n) is 7.61. The highest BCUT2D eigenvalue weighted by atomic mass is 32.2. The molecule has 0 bridgehead atoms. The maximum atomic E-state index is 14.7. The van der Waals surface area contributed by atoms with Crippen LogP contribution in [0.2, 0.25) is 0 Å². The summed E-state index contributed by atoms with van der Waals surface area (Å²) in [5, 5.41) is 9.59. The van der Waals surface area contributed by atoms with Crippen LogP contribution in [0, 0.1) is 17.5 Å². The molecule has 180 valence electrons. The van der Waals surface area contributed by atoms with Gasteiger partial charge >= 0.3 is 5.97 Å². The molecule has 4 aromatic rings. The van der Waals surface area contributed by atoms with Crippen molar-refractivity contribution in [1.82, 2.24) is 0 Å². The zero-order valence-electron chi connectivity index (χ0n) is 18.2. The van der Waals surface area contributed by atoms with Gasteiger partial charge in [-0.2, -0.15) is 0 Å². The quantitative estimate of drug-likeness (QED) is 0.356. The predicted molar refractivity (Wildman–Crippen MR) is 124 cm³/mol. The van der Waals surface area contributed by atoms with E-state index in [0.29, 0.717) is 11.5 Å². The molecule has 0 atom stereocenters. The Hall–Kier alpha value is -4.05. The highest BCUT2D eigenvalue weighted by Crippen LogP contribution is 2.41. The van der Waals surface area contributed by atoms with Gasteiger partial charge in [-0.25, -0.2) is 21.6 Å². The monoisotopic (exact) mass is 501 g/mol. The third-order valence-corrected chi connectivity index (χ3v) is 6.73. The van der Waals surface area contributed by atoms with Gasteiger partial charge in [0.05, 0.1) is 18.4 Å². The number of carbonyl (C=O) groups is 1. The van der Waals surface area contributed by atoms with E-state index in [1.807, 2.05) is 0 Å². The van der Waals surface area contributed by atoms with Crippen LogP contribution in [0.15, 0.2) is 71.6 Å². The zero-order chi connectivity index (χ0) is 25.3. The summed E-state index contributed by atoms with van der Waals surface area (Å²) in [4.78, 5) is 10.8. The van der Waals surface area contributed by atoms with Gasteiger partial charge in [-0.15, -0.1) is 0 Å². The Balaban J connectivity index is 1.91. The Bertz CT molecular complexity index is 1570. The fourth-order valence-electron chi connectivity index (χ4n) is 3.81. The number of nitrogens with one attached hydrogen (secondary N) is 1. The highest BCUT2D eigenvalue weighted by Gasteiger charge is 2.24. The summed E-state index contributed by atoms with van der Waals surface area (Å²) in [6.45, 7) is 0. The predicted octanol–water partition coefficient (Wildman–Crippen LogP) is 5.36. The number of methoxy groups -OCH3 is 1. The lowest BCUT2D eigenvalue weighted by atomic mass is 9.99. The first-order valence-corrected chi connectivity index (χ1v) is 11.7. The Morgan fingerprint density at radius 3 is 2.29 bits per heavy atom. The van der Waals surface area contributed by atoms with Crippen LogP contribution in [0.3, 0.4) is 0 Å². The van der Waals surface area contributed by atoms with Crippen LogP contribution in [0.25, 0.3) is 21.9 Å². The molecule has 0 amide bonds. The second kappa shape index (κ2) is 9.30. The van der Waals surface area contributed by atoms with Crippen molar-refractivity contribution in [2.24, 2.45) is 0 Å². The van der Waals surface area contributed by atoms with Crippen molar-refractivity contribution in [3.8, 4) is 16.9 Å². The Morgan fingerprint density at radius 1 is 0.914 bits per heavy atom. The van der Waals surface area contributed by atoms with Crippen molar-refractivity contribution in [2.45, 2.75) is 11.3 Å². The average Bonchev–Trinajstić information content (AvgIpc) is 2.79. The van der Waals surface area contributed by atoms with Crippen molar-refractivity contribution in [1.29, 1.82) is 0 Å². The van der Waals surface area contributed by atoms with E-state index in [-0.39, 0.29) is 38.4 Å². The van der Waals surface area contributed by atoms with E-state index in [1.165, 1.54) is 25.3 Å². The van der Waals surface area contributed by atoms with E-state index in [2.05, 4.69) is 4.72 Å². The average molecular weight is 501 g/mol. The molecule has 6 nitrogen and oxygen atoms in total. The topological polar surface area (TPSA) is 92.7 Å². The van der Waals surface area contributed by atoms with E-state index in [4.69, 9.17) is 9.84 Å². The normalized spacial score (nSPS) is 11.4. The number of anilines is 1. The molecule has 0 radical (unpaired) electrons. The molecule has 35 heavy (non-hydrogen) atoms. The fourth-order valence-corrected chi connectivity index (χ4v) is 5.10. The first-order valence-electron chi connectivity index (χ1n) is 10.2. The SMILES string of the molecule is COc1c(-c2ccc(F)cc2F)cc(S(=O)(=O)Nc2ccc(F)c(CC(=O)O)c2)c2ccccc12. The molecule has 0 heterocycles. The molecule has 0 aromatic heterocycles. The van der Waals surface area contributed by atoms with Crippen LogP contribution < -0.4 is 9.46 Å². The number of ether oxygens (including phenoxy) is 1. The molecule has 4 aromatic carbocycles. The van der Waals surface area contributed by atoms with E-state index in [9.17, 15) is 26.4 Å². The minimum Gasteiger partial charge on any atom is -0.495 e. The summed E-state index contributed by atoms with van der Waals surface area (Å²) in [5.74, 6) is -3.59. The van der Waals surface area contributed by atoms with Crippen molar-refractivity contribution in [3.63, 3.8) is 0 Å². The lowest BCUT2D eigenvalue weighted by Crippen LogP contribution is -2.15. The van der Waals surface area contributed by atoms with Gasteiger partial charge in [0, 0.05) is 39.2 Å². The lowest BCUT2D eigenvalue weighted by Gasteiger charge is -2.17. The number of rotatable bonds is 7. The number of carboxylic acids is 1. The molecule has 0 saturated carbocycles. The molecule has 0 fully saturated rings. The van der Waals surface area contributed by atoms with Crippen LogP contribution in [0.4, 0.5) is 18.9 Å². The molecular weight excluding hydrogens is 483 g/mol. The van der Waals surface area contributed by atoms with Crippen LogP contribution in [-0.4, -0.2) is 26.6 Å². The summed E-state index contributed by atoms with van der Waals surface area (Å²) >= 11 is 0. The molecule has 0 spiro atoms. The Kier molecular flexibility index (Phi) is 6.40. The van der Waals surface area contributed by atoms with E-state index in [1.54, 1.807) is 18.2 Å². The van der Waals surface area contributed by atoms with Crippen molar-refractivity contribution in [2.75, 3.05) is 11.8 Å². The van der Waals surface area contributed by atoms with Crippen LogP contribution in [0.1, 0.15) is 5.56 Å². The number of aliphatic carboxylic acids is 1. The fraction of sp³-hybridized carbons (Fsp3) is 0.0800. The molecule has 0 aliphatic carbocycles. The van der Waals surface area contributed by atoms with Gasteiger partial charge in [0.1, 0.15) is 23.2 Å². The second-order valence-corrected chi connectivity index (χ2v) is 9.26. The highest BCUT2D eigenvalue weighted by molar-refractivity contribution is 7.93. The molecule has 0 saturated heterocycles. The van der Waals surface area contributed by atoms with E-state index < -0.39 is 39.9 Å². The lowest BCUT2D eigenvalue weighted by molar-refractivity contribution is -0.136. The number of benzene rings is 4. The van der Waals surface area contributed by atoms with E-state index >= 15 is 0 Å². The van der Waals surface area contributed by atoms with Crippen LogP contribution in [-0.2, 0) is 21.2 Å². The summed E-state index contributed by atoms with van der Waals surface area (Å²) in [5.41, 5.74) is -0.255. The first-order chi connectivity index (χ1) is 16.6. The molecule has 0 unspecified atom stereocenters. The smallest absolute Gasteiger partial charge is 0.307 e. The maximum Gasteiger partial charge on any atom is 0.307 e. The van der Waals surface area contributed by atoms with E-state index in [0.717, 1.165) is 24.3 Å². The Morgan fingerprint density at radius 2 is 1.63 bits per heavy atom. The number of sulfonamides is 1. The van der Waals surface area contributed by atoms with Gasteiger partial charge in [0.25, 0.3) is 10.0 Å². The van der Waals surface area contributed by atoms with Gasteiger partial charge in [-0.1, -0.05) is 24.3 Å². The largest absolute Gasteiger partial charge is 0.495 e. The van der Waals surface area contributed by atoms with Gasteiger partial charge in [-0.05, 0) is 36.4 Å². The van der Waals surface area contributed by atoms with Crippen molar-refractivity contribution >= 4 is 32.5 Å². The third-order valence-electron chi connectivity index (χ3n) is 5.31. The molecule has 0 aliphatic rings. The molecular formula is C25H18F3NO5S. The van der Waals surface area contributed by atoms with Crippen LogP contribution in [0.5, 0.6) is 5.75 Å². The Labute approximate surface area is 198 Å². The van der Waals surface area contributed by atoms with Gasteiger partial charge in [0.2, 0.25) is 0 Å². The number of halogens is 3. The number of hydrogen-bond donors (Lipinski definition) is 2. The third kappa shape index (κ3) is 4.78. The zero-order valence-corrected chi connectivity index (χ0v) is 19.0. The molecule has 0 aliphatic heterocycles. The van der Waals surface area contributed by atoms with Crippen molar-refractivity contribution in [3.05, 3.63) is 89.7 Å². The number of carboxylic acid groups (broad SMARTS) is 1. The van der Waals surface area contributed by atoms with Crippen molar-refractivity contribution < 1.29 is 36.2 Å². The minimum absolute atomic E-state index is 0.0583. The van der Waals surface area contributed by atoms with Gasteiger partial charge < -0.3 is 9.84 Å². The minimum atomic E-state index is -4.35. The molecule has 10 heteroatoms. The number of hydrogen-bond acceptors (Lipinski definition) is 4. The maximum absolute atomic E-state index is 14.7. The van der Waals surface area contributed by atoms with Crippen LogP contribution >= 0.6 is 0 Å². The molecule has 2 N–H and O–H groups in total. The summed E-state index contributed by atoms with van der Waals surface area (Å²) in [6, 6.07) is 13.7. The number of fused-ring (bicyclic) bond motifs is 1. The molecule has 4 rings (SSSR count). The van der Waals surface area contributed by atoms with Gasteiger partial charge in [0.15, 0.2) is 0 Å². The standard InChI is InChI=1S/C25H18F3NO5S/c1-34-25-19-5-3-2-4-18(19)23(13-20(25)17-8-6-15(26)12-22(17)28)35(32,33)29-16-7-9-21(27)14(10-16)11-24(30)31/h2-10,12-13,29H,11H2,1H3,(H,30,31). The summed E-state index contributed by atoms with van der Waals surface area (Å²) in [6.07, 6.45) is -0.638. The summed E-state index contributed by atoms with van der Waals surface area (Å²) in [7, 11) is -3.00. The van der Waals surface area contributed by atoms with Gasteiger partial charge in [-0.3, -0.25) is 9.52 Å².